The molecular weight excluding hydrogens is 320 g/mol. The van der Waals surface area contributed by atoms with Crippen LogP contribution in [0.15, 0.2) is 66.3 Å². The van der Waals surface area contributed by atoms with E-state index in [1.165, 1.54) is 17.2 Å². The van der Waals surface area contributed by atoms with Gasteiger partial charge in [0.1, 0.15) is 11.5 Å². The highest BCUT2D eigenvalue weighted by atomic mass is 16.3. The highest BCUT2D eigenvalue weighted by Gasteiger charge is 2.29. The molecule has 0 unspecified atom stereocenters. The maximum absolute atomic E-state index is 10.7. The van der Waals surface area contributed by atoms with Crippen LogP contribution in [0.4, 0.5) is 0 Å². The van der Waals surface area contributed by atoms with E-state index in [2.05, 4.69) is 38.6 Å². The van der Waals surface area contributed by atoms with Gasteiger partial charge in [-0.2, -0.15) is 0 Å². The molecule has 2 nitrogen and oxygen atoms in total. The van der Waals surface area contributed by atoms with Gasteiger partial charge in [-0.05, 0) is 62.6 Å². The number of aromatic hydroxyl groups is 2. The highest BCUT2D eigenvalue weighted by molar-refractivity contribution is 5.50. The van der Waals surface area contributed by atoms with Crippen molar-refractivity contribution in [1.29, 1.82) is 0 Å². The number of allylic oxidation sites excluding steroid dienone is 3. The minimum Gasteiger partial charge on any atom is -0.508 e. The largest absolute Gasteiger partial charge is 0.508 e. The summed E-state index contributed by atoms with van der Waals surface area (Å²) in [7, 11) is 0. The third-order valence-electron chi connectivity index (χ3n) is 5.47. The number of hydrogen-bond acceptors (Lipinski definition) is 2. The van der Waals surface area contributed by atoms with E-state index in [0.29, 0.717) is 5.92 Å². The van der Waals surface area contributed by atoms with Gasteiger partial charge in [0, 0.05) is 17.5 Å². The lowest BCUT2D eigenvalue weighted by Crippen LogP contribution is -2.18. The summed E-state index contributed by atoms with van der Waals surface area (Å²) in [5.41, 5.74) is 5.74. The van der Waals surface area contributed by atoms with Gasteiger partial charge in [0.05, 0.1) is 0 Å². The van der Waals surface area contributed by atoms with Crippen molar-refractivity contribution < 1.29 is 10.2 Å². The van der Waals surface area contributed by atoms with Crippen molar-refractivity contribution in [1.82, 2.24) is 0 Å². The van der Waals surface area contributed by atoms with Gasteiger partial charge >= 0.3 is 0 Å². The predicted octanol–water partition coefficient (Wildman–Crippen LogP) is 5.90. The molecule has 0 amide bonds. The summed E-state index contributed by atoms with van der Waals surface area (Å²) in [6, 6.07) is 13.6. The van der Waals surface area contributed by atoms with Crippen LogP contribution in [0.5, 0.6) is 11.5 Å². The van der Waals surface area contributed by atoms with Gasteiger partial charge in [-0.1, -0.05) is 54.1 Å². The maximum atomic E-state index is 10.7. The zero-order chi connectivity index (χ0) is 18.7. The monoisotopic (exact) mass is 348 g/mol. The van der Waals surface area contributed by atoms with Gasteiger partial charge in [0.2, 0.25) is 0 Å². The summed E-state index contributed by atoms with van der Waals surface area (Å²) in [4.78, 5) is 0. The molecule has 2 aromatic carbocycles. The molecule has 0 spiro atoms. The second-order valence-electron chi connectivity index (χ2n) is 7.55. The number of hydrogen-bond donors (Lipinski definition) is 2. The summed E-state index contributed by atoms with van der Waals surface area (Å²) in [5.74, 6) is 0.755. The van der Waals surface area contributed by atoms with E-state index in [-0.39, 0.29) is 17.4 Å². The molecule has 0 saturated carbocycles. The maximum Gasteiger partial charge on any atom is 0.123 e. The number of phenolic OH excluding ortho intramolecular Hbond substituents is 2. The summed E-state index contributed by atoms with van der Waals surface area (Å²) in [6.07, 6.45) is 6.07. The Balaban J connectivity index is 1.99. The fourth-order valence-corrected chi connectivity index (χ4v) is 4.10. The van der Waals surface area contributed by atoms with Crippen LogP contribution in [-0.2, 0) is 12.8 Å². The molecule has 2 heteroatoms. The molecule has 0 fully saturated rings. The topological polar surface area (TPSA) is 40.5 Å². The van der Waals surface area contributed by atoms with Crippen molar-refractivity contribution in [3.8, 4) is 11.5 Å². The quantitative estimate of drug-likeness (QED) is 0.661. The number of aryl methyl sites for hydroxylation is 2. The number of phenols is 2. The first-order valence-electron chi connectivity index (χ1n) is 9.37. The van der Waals surface area contributed by atoms with E-state index in [1.807, 2.05) is 24.3 Å². The Bertz CT molecular complexity index is 818. The molecule has 3 rings (SSSR count). The molecule has 26 heavy (non-hydrogen) atoms. The van der Waals surface area contributed by atoms with Crippen LogP contribution in [0.1, 0.15) is 49.3 Å². The van der Waals surface area contributed by atoms with Gasteiger partial charge in [0.15, 0.2) is 0 Å². The van der Waals surface area contributed by atoms with Crippen molar-refractivity contribution in [2.45, 2.75) is 45.4 Å². The van der Waals surface area contributed by atoms with Crippen LogP contribution in [-0.4, -0.2) is 10.2 Å². The Morgan fingerprint density at radius 2 is 1.85 bits per heavy atom. The summed E-state index contributed by atoms with van der Waals surface area (Å²) < 4.78 is 0. The lowest BCUT2D eigenvalue weighted by Gasteiger charge is -2.32. The Kier molecular flexibility index (Phi) is 5.51. The number of rotatable bonds is 5. The van der Waals surface area contributed by atoms with Crippen LogP contribution in [0.25, 0.3) is 0 Å². The molecule has 2 N–H and O–H groups in total. The normalized spacial score (nSPS) is 19.8. The Labute approximate surface area is 156 Å². The number of benzene rings is 2. The molecule has 0 saturated heterocycles. The lowest BCUT2D eigenvalue weighted by molar-refractivity contribution is 0.423. The fourth-order valence-electron chi connectivity index (χ4n) is 4.10. The van der Waals surface area contributed by atoms with Crippen molar-refractivity contribution >= 4 is 0 Å². The smallest absolute Gasteiger partial charge is 0.123 e. The molecule has 1 aliphatic carbocycles. The van der Waals surface area contributed by atoms with Crippen molar-refractivity contribution in [2.75, 3.05) is 0 Å². The zero-order valence-electron chi connectivity index (χ0n) is 15.7. The highest BCUT2D eigenvalue weighted by Crippen LogP contribution is 2.45. The summed E-state index contributed by atoms with van der Waals surface area (Å²) in [5, 5.41) is 20.7. The van der Waals surface area contributed by atoms with Gasteiger partial charge < -0.3 is 10.2 Å². The van der Waals surface area contributed by atoms with Crippen LogP contribution >= 0.6 is 0 Å². The first kappa shape index (κ1) is 18.3. The summed E-state index contributed by atoms with van der Waals surface area (Å²) in [6.45, 7) is 8.42. The van der Waals surface area contributed by atoms with E-state index in [1.54, 1.807) is 0 Å². The Morgan fingerprint density at radius 3 is 2.54 bits per heavy atom. The average molecular weight is 348 g/mol. The van der Waals surface area contributed by atoms with E-state index in [4.69, 9.17) is 0 Å². The Morgan fingerprint density at radius 1 is 1.12 bits per heavy atom. The molecule has 2 atom stereocenters. The first-order chi connectivity index (χ1) is 12.5. The minimum absolute atomic E-state index is 0.118. The molecule has 0 bridgehead atoms. The van der Waals surface area contributed by atoms with E-state index >= 15 is 0 Å². The van der Waals surface area contributed by atoms with Crippen LogP contribution in [0.3, 0.4) is 0 Å². The van der Waals surface area contributed by atoms with Gasteiger partial charge in [-0.15, -0.1) is 0 Å². The predicted molar refractivity (Wildman–Crippen MR) is 108 cm³/mol. The van der Waals surface area contributed by atoms with Gasteiger partial charge in [-0.3, -0.25) is 0 Å². The molecule has 1 aliphatic rings. The Hall–Kier alpha value is -2.48. The first-order valence-corrected chi connectivity index (χ1v) is 9.37. The molecule has 0 aliphatic heterocycles. The second kappa shape index (κ2) is 7.82. The van der Waals surface area contributed by atoms with Crippen LogP contribution < -0.4 is 0 Å². The molecule has 0 heterocycles. The van der Waals surface area contributed by atoms with E-state index < -0.39 is 0 Å². The molecule has 136 valence electrons. The third-order valence-corrected chi connectivity index (χ3v) is 5.47. The molecule has 0 radical (unpaired) electrons. The van der Waals surface area contributed by atoms with Crippen LogP contribution in [0, 0.1) is 5.92 Å². The van der Waals surface area contributed by atoms with Crippen molar-refractivity contribution in [2.24, 2.45) is 5.92 Å². The van der Waals surface area contributed by atoms with Crippen molar-refractivity contribution in [3.05, 3.63) is 83.0 Å². The lowest BCUT2D eigenvalue weighted by atomic mass is 9.72. The molecular formula is C24H28O2. The zero-order valence-corrected chi connectivity index (χ0v) is 15.7. The second-order valence-corrected chi connectivity index (χ2v) is 7.55. The average Bonchev–Trinajstić information content (AvgIpc) is 2.60. The third kappa shape index (κ3) is 4.01. The van der Waals surface area contributed by atoms with E-state index in [9.17, 15) is 10.2 Å². The molecule has 2 aromatic rings. The van der Waals surface area contributed by atoms with Crippen LogP contribution in [0.2, 0.25) is 0 Å². The minimum atomic E-state index is 0.118. The van der Waals surface area contributed by atoms with E-state index in [0.717, 1.165) is 42.4 Å². The SMILES string of the molecule is C=C(C)[C@H]1CCC(C)=C[C@@H]1c1c(O)cc(O)cc1CCc1ccccc1. The summed E-state index contributed by atoms with van der Waals surface area (Å²) >= 11 is 0. The van der Waals surface area contributed by atoms with Gasteiger partial charge in [0.25, 0.3) is 0 Å². The van der Waals surface area contributed by atoms with Crippen molar-refractivity contribution in [3.63, 3.8) is 0 Å². The fraction of sp³-hybridized carbons (Fsp3) is 0.333. The van der Waals surface area contributed by atoms with Gasteiger partial charge in [-0.25, -0.2) is 0 Å². The molecule has 0 aromatic heterocycles. The standard InChI is InChI=1S/C24H28O2/c1-16(2)21-12-9-17(3)13-22(21)24-19(14-20(25)15-23(24)26)11-10-18-7-5-4-6-8-18/h4-8,13-15,21-22,25-26H,1,9-12H2,2-3H3/t21-,22+/m1/s1.